The van der Waals surface area contributed by atoms with Crippen molar-refractivity contribution in [1.82, 2.24) is 20.0 Å². The molecule has 4 N–H and O–H groups in total. The predicted molar refractivity (Wildman–Crippen MR) is 146 cm³/mol. The Labute approximate surface area is 240 Å². The SMILES string of the molecule is CC(C)c1ccc(CN2CCN(C(C)c3nnc(-c4ccc(F)cc4)o3)CC2)cc1.O=C(O)C(=O)O.O=C(O)C(=O)O. The standard InChI is InChI=1S/C24H29FN4O.2C2H2O4/c1-17(2)20-6-4-19(5-7-20)16-28-12-14-29(15-13-28)18(3)23-26-27-24(30-23)21-8-10-22(25)11-9-21;2*3-1(4)2(5)6/h4-11,17-18H,12-16H2,1-3H3;2*(H,3,4)(H,5,6). The average molecular weight is 589 g/mol. The van der Waals surface area contributed by atoms with Gasteiger partial charge >= 0.3 is 23.9 Å². The molecule has 2 aromatic carbocycles. The van der Waals surface area contributed by atoms with E-state index in [2.05, 4.69) is 65.0 Å². The van der Waals surface area contributed by atoms with Crippen LogP contribution in [0.2, 0.25) is 0 Å². The first kappa shape index (κ1) is 33.5. The monoisotopic (exact) mass is 588 g/mol. The molecule has 13 nitrogen and oxygen atoms in total. The molecule has 42 heavy (non-hydrogen) atoms. The molecule has 226 valence electrons. The van der Waals surface area contributed by atoms with E-state index in [0.717, 1.165) is 38.3 Å². The van der Waals surface area contributed by atoms with E-state index in [1.807, 2.05) is 0 Å². The van der Waals surface area contributed by atoms with E-state index in [9.17, 15) is 4.39 Å². The van der Waals surface area contributed by atoms with Gasteiger partial charge in [-0.25, -0.2) is 23.6 Å². The fraction of sp³-hybridized carbons (Fsp3) is 0.357. The Balaban J connectivity index is 0.000000434. The molecule has 0 amide bonds. The van der Waals surface area contributed by atoms with Crippen LogP contribution >= 0.6 is 0 Å². The van der Waals surface area contributed by atoms with Crippen LogP contribution in [0.1, 0.15) is 49.7 Å². The van der Waals surface area contributed by atoms with Gasteiger partial charge in [0.1, 0.15) is 5.82 Å². The van der Waals surface area contributed by atoms with Crippen LogP contribution in [0.5, 0.6) is 0 Å². The van der Waals surface area contributed by atoms with Crippen molar-refractivity contribution in [3.05, 3.63) is 71.4 Å². The van der Waals surface area contributed by atoms with Crippen LogP contribution in [0.4, 0.5) is 4.39 Å². The van der Waals surface area contributed by atoms with Crippen LogP contribution < -0.4 is 0 Å². The van der Waals surface area contributed by atoms with E-state index in [1.54, 1.807) is 12.1 Å². The lowest BCUT2D eigenvalue weighted by Crippen LogP contribution is -2.46. The highest BCUT2D eigenvalue weighted by molar-refractivity contribution is 6.27. The molecule has 0 spiro atoms. The number of halogens is 1. The molecule has 14 heteroatoms. The maximum atomic E-state index is 13.1. The first-order chi connectivity index (χ1) is 19.8. The highest BCUT2D eigenvalue weighted by Gasteiger charge is 2.26. The molecule has 1 aliphatic heterocycles. The molecule has 2 heterocycles. The topological polar surface area (TPSA) is 195 Å². The van der Waals surface area contributed by atoms with Gasteiger partial charge in [-0.15, -0.1) is 10.2 Å². The van der Waals surface area contributed by atoms with Gasteiger partial charge in [-0.05, 0) is 48.2 Å². The lowest BCUT2D eigenvalue weighted by Gasteiger charge is -2.36. The number of hydrogen-bond donors (Lipinski definition) is 4. The summed E-state index contributed by atoms with van der Waals surface area (Å²) in [4.78, 5) is 41.3. The van der Waals surface area contributed by atoms with Crippen molar-refractivity contribution in [3.63, 3.8) is 0 Å². The number of hydrogen-bond acceptors (Lipinski definition) is 9. The largest absolute Gasteiger partial charge is 0.473 e. The zero-order valence-electron chi connectivity index (χ0n) is 23.3. The third-order valence-corrected chi connectivity index (χ3v) is 6.26. The van der Waals surface area contributed by atoms with Gasteiger partial charge in [0, 0.05) is 38.3 Å². The van der Waals surface area contributed by atoms with Crippen LogP contribution in [0.15, 0.2) is 52.9 Å². The summed E-state index contributed by atoms with van der Waals surface area (Å²) in [6.45, 7) is 11.5. The summed E-state index contributed by atoms with van der Waals surface area (Å²) in [6, 6.07) is 15.2. The molecular formula is C28H33FN4O9. The van der Waals surface area contributed by atoms with Gasteiger partial charge in [0.15, 0.2) is 0 Å². The minimum Gasteiger partial charge on any atom is -0.473 e. The molecule has 4 rings (SSSR count). The Kier molecular flexibility index (Phi) is 12.7. The Bertz CT molecular complexity index is 1290. The Hall–Kier alpha value is -4.69. The van der Waals surface area contributed by atoms with Crippen LogP contribution in [-0.2, 0) is 25.7 Å². The van der Waals surface area contributed by atoms with Gasteiger partial charge in [0.2, 0.25) is 11.8 Å². The first-order valence-corrected chi connectivity index (χ1v) is 12.9. The van der Waals surface area contributed by atoms with Crippen molar-refractivity contribution in [2.24, 2.45) is 0 Å². The van der Waals surface area contributed by atoms with Crippen molar-refractivity contribution in [2.75, 3.05) is 26.2 Å². The predicted octanol–water partition coefficient (Wildman–Crippen LogP) is 3.19. The first-order valence-electron chi connectivity index (χ1n) is 12.9. The Morgan fingerprint density at radius 1 is 0.786 bits per heavy atom. The van der Waals surface area contributed by atoms with Gasteiger partial charge in [-0.2, -0.15) is 0 Å². The van der Waals surface area contributed by atoms with Crippen LogP contribution in [0, 0.1) is 5.82 Å². The number of benzene rings is 2. The lowest BCUT2D eigenvalue weighted by atomic mass is 10.0. The number of aliphatic carboxylic acids is 4. The molecule has 0 bridgehead atoms. The van der Waals surface area contributed by atoms with Gasteiger partial charge < -0.3 is 24.8 Å². The fourth-order valence-corrected chi connectivity index (χ4v) is 3.84. The van der Waals surface area contributed by atoms with Crippen molar-refractivity contribution >= 4 is 23.9 Å². The minimum absolute atomic E-state index is 0.0548. The molecular weight excluding hydrogens is 555 g/mol. The second kappa shape index (κ2) is 15.9. The van der Waals surface area contributed by atoms with Crippen LogP contribution in [-0.4, -0.2) is 90.5 Å². The van der Waals surface area contributed by atoms with Gasteiger partial charge in [-0.3, -0.25) is 9.80 Å². The van der Waals surface area contributed by atoms with Crippen LogP contribution in [0.3, 0.4) is 0 Å². The molecule has 3 aromatic rings. The maximum absolute atomic E-state index is 13.1. The summed E-state index contributed by atoms with van der Waals surface area (Å²) in [5.74, 6) is -5.97. The molecule has 1 unspecified atom stereocenters. The van der Waals surface area contributed by atoms with E-state index >= 15 is 0 Å². The highest BCUT2D eigenvalue weighted by Crippen LogP contribution is 2.25. The smallest absolute Gasteiger partial charge is 0.414 e. The minimum atomic E-state index is -1.82. The lowest BCUT2D eigenvalue weighted by molar-refractivity contribution is -0.159. The molecule has 0 radical (unpaired) electrons. The third kappa shape index (κ3) is 10.7. The molecule has 1 atom stereocenters. The molecule has 0 aliphatic carbocycles. The highest BCUT2D eigenvalue weighted by atomic mass is 19.1. The van der Waals surface area contributed by atoms with E-state index in [1.165, 1.54) is 23.3 Å². The summed E-state index contributed by atoms with van der Waals surface area (Å²) < 4.78 is 19.0. The summed E-state index contributed by atoms with van der Waals surface area (Å²) >= 11 is 0. The molecule has 1 fully saturated rings. The quantitative estimate of drug-likeness (QED) is 0.307. The second-order valence-corrected chi connectivity index (χ2v) is 9.56. The summed E-state index contributed by atoms with van der Waals surface area (Å²) in [5.41, 5.74) is 3.48. The number of aromatic nitrogens is 2. The second-order valence-electron chi connectivity index (χ2n) is 9.56. The maximum Gasteiger partial charge on any atom is 0.414 e. The van der Waals surface area contributed by atoms with E-state index in [0.29, 0.717) is 17.7 Å². The summed E-state index contributed by atoms with van der Waals surface area (Å²) in [5, 5.41) is 37.9. The molecule has 1 saturated heterocycles. The number of nitrogens with zero attached hydrogens (tertiary/aromatic N) is 4. The van der Waals surface area contributed by atoms with E-state index < -0.39 is 23.9 Å². The fourth-order valence-electron chi connectivity index (χ4n) is 3.84. The van der Waals surface area contributed by atoms with Gasteiger partial charge in [-0.1, -0.05) is 38.1 Å². The van der Waals surface area contributed by atoms with Crippen molar-refractivity contribution in [3.8, 4) is 11.5 Å². The third-order valence-electron chi connectivity index (χ3n) is 6.26. The van der Waals surface area contributed by atoms with E-state index in [-0.39, 0.29) is 11.9 Å². The number of carbonyl (C=O) groups is 4. The zero-order valence-corrected chi connectivity index (χ0v) is 23.3. The Morgan fingerprint density at radius 2 is 1.29 bits per heavy atom. The van der Waals surface area contributed by atoms with Crippen LogP contribution in [0.25, 0.3) is 11.5 Å². The molecule has 1 aromatic heterocycles. The van der Waals surface area contributed by atoms with Crippen molar-refractivity contribution in [2.45, 2.75) is 39.3 Å². The molecule has 0 saturated carbocycles. The molecule has 1 aliphatic rings. The van der Waals surface area contributed by atoms with Gasteiger partial charge in [0.05, 0.1) is 6.04 Å². The van der Waals surface area contributed by atoms with Gasteiger partial charge in [0.25, 0.3) is 0 Å². The van der Waals surface area contributed by atoms with Crippen molar-refractivity contribution < 1.29 is 48.4 Å². The number of rotatable bonds is 6. The Morgan fingerprint density at radius 3 is 1.74 bits per heavy atom. The normalized spacial score (nSPS) is 14.1. The summed E-state index contributed by atoms with van der Waals surface area (Å²) in [7, 11) is 0. The number of carboxylic acids is 4. The number of carboxylic acid groups (broad SMARTS) is 4. The average Bonchev–Trinajstić information content (AvgIpc) is 3.45. The number of piperazine rings is 1. The van der Waals surface area contributed by atoms with E-state index in [4.69, 9.17) is 44.0 Å². The zero-order chi connectivity index (χ0) is 31.4. The summed E-state index contributed by atoms with van der Waals surface area (Å²) in [6.07, 6.45) is 0. The van der Waals surface area contributed by atoms with Crippen molar-refractivity contribution in [1.29, 1.82) is 0 Å².